The summed E-state index contributed by atoms with van der Waals surface area (Å²) < 4.78 is 37.7. The fraction of sp³-hybridized carbons (Fsp3) is 0.167. The van der Waals surface area contributed by atoms with Crippen molar-refractivity contribution in [2.24, 2.45) is 0 Å². The molecule has 1 aromatic heterocycles. The average Bonchev–Trinajstić information content (AvgIpc) is 2.62. The molecule has 0 saturated heterocycles. The van der Waals surface area contributed by atoms with Crippen LogP contribution in [0.2, 0.25) is 0 Å². The highest BCUT2D eigenvalue weighted by molar-refractivity contribution is 7.10. The molecule has 0 fully saturated rings. The number of phenolic OH excluding ortho intramolecular Hbond substituents is 1. The molecule has 0 aliphatic rings. The third kappa shape index (κ3) is 2.44. The first kappa shape index (κ1) is 12.0. The summed E-state index contributed by atoms with van der Waals surface area (Å²) in [5.41, 5.74) is 0.269. The van der Waals surface area contributed by atoms with Gasteiger partial charge in [-0.1, -0.05) is 0 Å². The summed E-state index contributed by atoms with van der Waals surface area (Å²) in [7, 11) is 0. The topological polar surface area (TPSA) is 20.2 Å². The Morgan fingerprint density at radius 1 is 1.18 bits per heavy atom. The lowest BCUT2D eigenvalue weighted by molar-refractivity contribution is -0.137. The molecule has 1 N–H and O–H groups in total. The molecular weight excluding hydrogens is 249 g/mol. The number of benzene rings is 1. The van der Waals surface area contributed by atoms with Crippen LogP contribution in [0.15, 0.2) is 29.6 Å². The van der Waals surface area contributed by atoms with Crippen LogP contribution in [-0.2, 0) is 6.18 Å². The zero-order valence-electron chi connectivity index (χ0n) is 8.88. The largest absolute Gasteiger partial charge is 0.508 e. The molecule has 1 aromatic carbocycles. The normalized spacial score (nSPS) is 11.8. The van der Waals surface area contributed by atoms with Gasteiger partial charge in [-0.2, -0.15) is 13.2 Å². The Labute approximate surface area is 100 Å². The Morgan fingerprint density at radius 2 is 1.88 bits per heavy atom. The van der Waals surface area contributed by atoms with E-state index < -0.39 is 11.7 Å². The fourth-order valence-electron chi connectivity index (χ4n) is 1.61. The van der Waals surface area contributed by atoms with Crippen LogP contribution < -0.4 is 0 Å². The molecule has 0 amide bonds. The average molecular weight is 258 g/mol. The van der Waals surface area contributed by atoms with Crippen molar-refractivity contribution in [2.45, 2.75) is 13.1 Å². The van der Waals surface area contributed by atoms with E-state index in [0.29, 0.717) is 5.56 Å². The second-order valence-electron chi connectivity index (χ2n) is 3.66. The maximum atomic E-state index is 12.6. The Balaban J connectivity index is 2.57. The van der Waals surface area contributed by atoms with E-state index in [-0.39, 0.29) is 5.75 Å². The molecular formula is C12H9F3OS. The fourth-order valence-corrected chi connectivity index (χ4v) is 2.34. The summed E-state index contributed by atoms with van der Waals surface area (Å²) in [6.07, 6.45) is -4.45. The highest BCUT2D eigenvalue weighted by Crippen LogP contribution is 2.36. The maximum absolute atomic E-state index is 12.6. The third-order valence-electron chi connectivity index (χ3n) is 2.41. The summed E-state index contributed by atoms with van der Waals surface area (Å²) in [6, 6.07) is 4.86. The zero-order valence-corrected chi connectivity index (χ0v) is 9.69. The number of halogens is 3. The first-order valence-corrected chi connectivity index (χ1v) is 5.71. The van der Waals surface area contributed by atoms with Gasteiger partial charge in [-0.15, -0.1) is 11.3 Å². The summed E-state index contributed by atoms with van der Waals surface area (Å²) in [5, 5.41) is 11.2. The maximum Gasteiger partial charge on any atom is 0.416 e. The molecule has 2 aromatic rings. The minimum atomic E-state index is -4.45. The molecule has 0 bridgehead atoms. The van der Waals surface area contributed by atoms with Crippen LogP contribution in [0, 0.1) is 6.92 Å². The van der Waals surface area contributed by atoms with Crippen LogP contribution in [-0.4, -0.2) is 5.11 Å². The summed E-state index contributed by atoms with van der Waals surface area (Å²) in [6.45, 7) is 1.83. The predicted octanol–water partition coefficient (Wildman–Crippen LogP) is 4.45. The van der Waals surface area contributed by atoms with E-state index >= 15 is 0 Å². The van der Waals surface area contributed by atoms with Gasteiger partial charge in [0.25, 0.3) is 0 Å². The Hall–Kier alpha value is -1.49. The lowest BCUT2D eigenvalue weighted by atomic mass is 10.0. The molecule has 5 heteroatoms. The van der Waals surface area contributed by atoms with Crippen molar-refractivity contribution in [3.8, 4) is 16.9 Å². The van der Waals surface area contributed by atoms with Gasteiger partial charge in [0, 0.05) is 4.88 Å². The van der Waals surface area contributed by atoms with Crippen molar-refractivity contribution in [1.29, 1.82) is 0 Å². The number of hydrogen-bond donors (Lipinski definition) is 1. The van der Waals surface area contributed by atoms with Gasteiger partial charge in [-0.05, 0) is 47.7 Å². The molecule has 90 valence electrons. The van der Waals surface area contributed by atoms with Gasteiger partial charge >= 0.3 is 6.18 Å². The molecule has 0 aliphatic carbocycles. The van der Waals surface area contributed by atoms with Gasteiger partial charge < -0.3 is 5.11 Å². The molecule has 0 radical (unpaired) electrons. The molecule has 0 aliphatic heterocycles. The summed E-state index contributed by atoms with van der Waals surface area (Å²) >= 11 is 1.46. The molecule has 1 nitrogen and oxygen atoms in total. The smallest absolute Gasteiger partial charge is 0.416 e. The standard InChI is InChI=1S/C12H9F3OS/c1-7-11(2-3-17-7)8-4-9(12(13,14)15)6-10(16)5-8/h2-6,16H,1H3. The van der Waals surface area contributed by atoms with E-state index in [1.54, 1.807) is 6.07 Å². The monoisotopic (exact) mass is 258 g/mol. The summed E-state index contributed by atoms with van der Waals surface area (Å²) in [4.78, 5) is 0.920. The minimum Gasteiger partial charge on any atom is -0.508 e. The quantitative estimate of drug-likeness (QED) is 0.801. The molecule has 0 saturated carbocycles. The second kappa shape index (κ2) is 4.07. The van der Waals surface area contributed by atoms with Crippen molar-refractivity contribution in [3.05, 3.63) is 40.1 Å². The molecule has 0 spiro atoms. The van der Waals surface area contributed by atoms with Gasteiger partial charge in [0.1, 0.15) is 5.75 Å². The van der Waals surface area contributed by atoms with Crippen LogP contribution in [0.3, 0.4) is 0 Å². The Morgan fingerprint density at radius 3 is 2.41 bits per heavy atom. The second-order valence-corrected chi connectivity index (χ2v) is 4.78. The van der Waals surface area contributed by atoms with Crippen molar-refractivity contribution >= 4 is 11.3 Å². The number of phenols is 1. The Bertz CT molecular complexity index is 543. The number of hydrogen-bond acceptors (Lipinski definition) is 2. The van der Waals surface area contributed by atoms with E-state index in [4.69, 9.17) is 0 Å². The summed E-state index contributed by atoms with van der Waals surface area (Å²) in [5.74, 6) is -0.375. The van der Waals surface area contributed by atoms with Gasteiger partial charge in [0.2, 0.25) is 0 Å². The van der Waals surface area contributed by atoms with Crippen LogP contribution in [0.5, 0.6) is 5.75 Å². The van der Waals surface area contributed by atoms with Gasteiger partial charge in [0.05, 0.1) is 5.56 Å². The first-order valence-electron chi connectivity index (χ1n) is 4.83. The van der Waals surface area contributed by atoms with Crippen LogP contribution in [0.25, 0.3) is 11.1 Å². The molecule has 0 atom stereocenters. The lowest BCUT2D eigenvalue weighted by Gasteiger charge is -2.09. The van der Waals surface area contributed by atoms with Crippen LogP contribution in [0.4, 0.5) is 13.2 Å². The first-order chi connectivity index (χ1) is 7.88. The van der Waals surface area contributed by atoms with E-state index in [9.17, 15) is 18.3 Å². The molecule has 0 unspecified atom stereocenters. The van der Waals surface area contributed by atoms with Crippen molar-refractivity contribution in [1.82, 2.24) is 0 Å². The number of aryl methyl sites for hydroxylation is 1. The van der Waals surface area contributed by atoms with Gasteiger partial charge in [-0.25, -0.2) is 0 Å². The van der Waals surface area contributed by atoms with Crippen LogP contribution >= 0.6 is 11.3 Å². The molecule has 1 heterocycles. The molecule has 2 rings (SSSR count). The minimum absolute atomic E-state index is 0.375. The highest BCUT2D eigenvalue weighted by atomic mass is 32.1. The number of alkyl halides is 3. The van der Waals surface area contributed by atoms with E-state index in [1.807, 2.05) is 12.3 Å². The third-order valence-corrected chi connectivity index (χ3v) is 3.26. The lowest BCUT2D eigenvalue weighted by Crippen LogP contribution is -2.04. The SMILES string of the molecule is Cc1sccc1-c1cc(O)cc(C(F)(F)F)c1. The van der Waals surface area contributed by atoms with Gasteiger partial charge in [-0.3, -0.25) is 0 Å². The molecule has 17 heavy (non-hydrogen) atoms. The number of rotatable bonds is 1. The number of aromatic hydroxyl groups is 1. The predicted molar refractivity (Wildman–Crippen MR) is 61.2 cm³/mol. The van der Waals surface area contributed by atoms with Crippen molar-refractivity contribution in [3.63, 3.8) is 0 Å². The zero-order chi connectivity index (χ0) is 12.6. The van der Waals surface area contributed by atoms with Crippen LogP contribution in [0.1, 0.15) is 10.4 Å². The van der Waals surface area contributed by atoms with Crippen molar-refractivity contribution < 1.29 is 18.3 Å². The number of thiophene rings is 1. The van der Waals surface area contributed by atoms with Gasteiger partial charge in [0.15, 0.2) is 0 Å². The van der Waals surface area contributed by atoms with E-state index in [0.717, 1.165) is 22.6 Å². The Kier molecular flexibility index (Phi) is 2.87. The van der Waals surface area contributed by atoms with Crippen molar-refractivity contribution in [2.75, 3.05) is 0 Å². The van der Waals surface area contributed by atoms with E-state index in [2.05, 4.69) is 0 Å². The highest BCUT2D eigenvalue weighted by Gasteiger charge is 2.31. The van der Waals surface area contributed by atoms with E-state index in [1.165, 1.54) is 17.4 Å².